The maximum absolute atomic E-state index is 10.3. The first-order valence-corrected chi connectivity index (χ1v) is 14.1. The van der Waals surface area contributed by atoms with Gasteiger partial charge in [0.15, 0.2) is 0 Å². The molecule has 0 unspecified atom stereocenters. The van der Waals surface area contributed by atoms with Crippen LogP contribution in [0.3, 0.4) is 0 Å². The van der Waals surface area contributed by atoms with Crippen LogP contribution in [0.1, 0.15) is 35.4 Å². The van der Waals surface area contributed by atoms with Gasteiger partial charge in [-0.25, -0.2) is 0 Å². The fourth-order valence-electron chi connectivity index (χ4n) is 3.40. The van der Waals surface area contributed by atoms with E-state index in [0.717, 1.165) is 0 Å². The predicted molar refractivity (Wildman–Crippen MR) is 135 cm³/mol. The summed E-state index contributed by atoms with van der Waals surface area (Å²) in [6, 6.07) is 32.0. The summed E-state index contributed by atoms with van der Waals surface area (Å²) >= 11 is 0. The van der Waals surface area contributed by atoms with Crippen molar-refractivity contribution in [2.75, 3.05) is 24.6 Å². The average molecular weight is 506 g/mol. The summed E-state index contributed by atoms with van der Waals surface area (Å²) in [6.07, 6.45) is 0.509. The number of hydrogen-bond acceptors (Lipinski definition) is 5. The molecule has 3 aromatic carbocycles. The summed E-state index contributed by atoms with van der Waals surface area (Å²) in [5, 5.41) is 2.78. The molecule has 0 bridgehead atoms. The Labute approximate surface area is 202 Å². The van der Waals surface area contributed by atoms with Crippen LogP contribution in [0.5, 0.6) is 0 Å². The smallest absolute Gasteiger partial charge is 0.264 e. The van der Waals surface area contributed by atoms with E-state index >= 15 is 0 Å². The third kappa shape index (κ3) is 11.5. The van der Waals surface area contributed by atoms with Crippen molar-refractivity contribution < 1.29 is 25.9 Å². The summed E-state index contributed by atoms with van der Waals surface area (Å²) in [4.78, 5) is 0. The minimum Gasteiger partial charge on any atom is -0.317 e. The zero-order valence-corrected chi connectivity index (χ0v) is 20.5. The summed E-state index contributed by atoms with van der Waals surface area (Å²) in [6.45, 7) is 0.733. The Morgan fingerprint density at radius 3 is 1.12 bits per heavy atom. The molecular weight excluding hydrogens is 474 g/mol. The standard InChI is InChI=1S/C19H16.C6H15NO6S2/c1-4-10-16(11-5-1)19(17-12-6-2-7-13-17)18-14-8-3-9-15-18;8-14(9,10)5-1-3-7-4-2-6-15(11,12)13/h1-15,19H;7H,1-6H2,(H,8,9,10)(H,11,12,13). The second-order valence-electron chi connectivity index (χ2n) is 7.69. The molecule has 0 aromatic heterocycles. The Kier molecular flexibility index (Phi) is 11.4. The second-order valence-corrected chi connectivity index (χ2v) is 10.8. The highest BCUT2D eigenvalue weighted by Crippen LogP contribution is 2.31. The van der Waals surface area contributed by atoms with Gasteiger partial charge in [0.25, 0.3) is 20.2 Å². The molecule has 0 saturated carbocycles. The van der Waals surface area contributed by atoms with E-state index < -0.39 is 20.2 Å². The molecule has 0 aliphatic rings. The van der Waals surface area contributed by atoms with Crippen molar-refractivity contribution in [2.45, 2.75) is 18.8 Å². The van der Waals surface area contributed by atoms with Crippen molar-refractivity contribution in [3.05, 3.63) is 108 Å². The molecule has 0 radical (unpaired) electrons. The van der Waals surface area contributed by atoms with Gasteiger partial charge in [-0.1, -0.05) is 91.0 Å². The van der Waals surface area contributed by atoms with Gasteiger partial charge in [0, 0.05) is 5.92 Å². The Hall–Kier alpha value is -2.56. The van der Waals surface area contributed by atoms with Crippen LogP contribution in [0.2, 0.25) is 0 Å². The Morgan fingerprint density at radius 1 is 0.559 bits per heavy atom. The summed E-state index contributed by atoms with van der Waals surface area (Å²) in [5.41, 5.74) is 4.00. The molecule has 3 N–H and O–H groups in total. The number of rotatable bonds is 11. The molecule has 0 heterocycles. The SMILES string of the molecule is O=S(=O)(O)CCCNCCCS(=O)(=O)O.c1ccc(C(c2ccccc2)c2ccccc2)cc1. The van der Waals surface area contributed by atoms with Gasteiger partial charge >= 0.3 is 0 Å². The Balaban J connectivity index is 0.000000249. The second kappa shape index (κ2) is 14.0. The van der Waals surface area contributed by atoms with Crippen molar-refractivity contribution >= 4 is 20.2 Å². The molecule has 9 heteroatoms. The van der Waals surface area contributed by atoms with Crippen LogP contribution in [0, 0.1) is 0 Å². The fraction of sp³-hybridized carbons (Fsp3) is 0.280. The molecule has 184 valence electrons. The van der Waals surface area contributed by atoms with Crippen molar-refractivity contribution in [3.8, 4) is 0 Å². The average Bonchev–Trinajstić information content (AvgIpc) is 2.80. The number of hydrogen-bond donors (Lipinski definition) is 3. The topological polar surface area (TPSA) is 121 Å². The molecule has 34 heavy (non-hydrogen) atoms. The predicted octanol–water partition coefficient (Wildman–Crippen LogP) is 4.00. The lowest BCUT2D eigenvalue weighted by molar-refractivity contribution is 0.479. The normalized spacial score (nSPS) is 11.6. The van der Waals surface area contributed by atoms with E-state index in [-0.39, 0.29) is 24.3 Å². The lowest BCUT2D eigenvalue weighted by atomic mass is 9.85. The van der Waals surface area contributed by atoms with Crippen molar-refractivity contribution in [2.24, 2.45) is 0 Å². The zero-order chi connectivity index (χ0) is 24.9. The van der Waals surface area contributed by atoms with Crippen LogP contribution >= 0.6 is 0 Å². The Bertz CT molecular complexity index is 1040. The van der Waals surface area contributed by atoms with Gasteiger partial charge in [0.05, 0.1) is 11.5 Å². The molecule has 0 saturated heterocycles. The van der Waals surface area contributed by atoms with Gasteiger partial charge in [-0.05, 0) is 42.6 Å². The van der Waals surface area contributed by atoms with Gasteiger partial charge in [-0.2, -0.15) is 16.8 Å². The quantitative estimate of drug-likeness (QED) is 0.205. The molecule has 3 rings (SSSR count). The maximum atomic E-state index is 10.3. The molecule has 3 aromatic rings. The van der Waals surface area contributed by atoms with E-state index in [4.69, 9.17) is 9.11 Å². The third-order valence-corrected chi connectivity index (χ3v) is 6.52. The van der Waals surface area contributed by atoms with Crippen LogP contribution in [-0.4, -0.2) is 50.5 Å². The van der Waals surface area contributed by atoms with Gasteiger partial charge in [-0.3, -0.25) is 9.11 Å². The summed E-state index contributed by atoms with van der Waals surface area (Å²) in [7, 11) is -7.83. The van der Waals surface area contributed by atoms with Crippen molar-refractivity contribution in [1.82, 2.24) is 5.32 Å². The molecule has 7 nitrogen and oxygen atoms in total. The first-order valence-electron chi connectivity index (χ1n) is 10.9. The highest BCUT2D eigenvalue weighted by molar-refractivity contribution is 7.86. The van der Waals surface area contributed by atoms with Crippen LogP contribution in [0.25, 0.3) is 0 Å². The molecule has 0 atom stereocenters. The molecule has 0 aliphatic heterocycles. The third-order valence-electron chi connectivity index (χ3n) is 4.91. The van der Waals surface area contributed by atoms with Crippen molar-refractivity contribution in [1.29, 1.82) is 0 Å². The van der Waals surface area contributed by atoms with Gasteiger partial charge in [0.2, 0.25) is 0 Å². The highest BCUT2D eigenvalue weighted by Gasteiger charge is 2.15. The first-order chi connectivity index (χ1) is 16.2. The summed E-state index contributed by atoms with van der Waals surface area (Å²) in [5.74, 6) is -0.333. The fourth-order valence-corrected chi connectivity index (χ4v) is 4.42. The minimum absolute atomic E-state index is 0.255. The van der Waals surface area contributed by atoms with E-state index in [2.05, 4.69) is 96.3 Å². The van der Waals surface area contributed by atoms with E-state index in [9.17, 15) is 16.8 Å². The number of benzene rings is 3. The molecule has 0 fully saturated rings. The lowest BCUT2D eigenvalue weighted by Crippen LogP contribution is -2.21. The van der Waals surface area contributed by atoms with Crippen LogP contribution < -0.4 is 5.32 Å². The maximum Gasteiger partial charge on any atom is 0.264 e. The first kappa shape index (κ1) is 27.7. The van der Waals surface area contributed by atoms with Gasteiger partial charge in [0.1, 0.15) is 0 Å². The van der Waals surface area contributed by atoms with E-state index in [0.29, 0.717) is 19.0 Å². The number of nitrogens with one attached hydrogen (secondary N) is 1. The van der Waals surface area contributed by atoms with E-state index in [1.54, 1.807) is 0 Å². The molecule has 0 amide bonds. The van der Waals surface area contributed by atoms with Crippen LogP contribution in [0.15, 0.2) is 91.0 Å². The van der Waals surface area contributed by atoms with Crippen molar-refractivity contribution in [3.63, 3.8) is 0 Å². The van der Waals surface area contributed by atoms with Crippen LogP contribution in [-0.2, 0) is 20.2 Å². The minimum atomic E-state index is -3.92. The van der Waals surface area contributed by atoms with Crippen LogP contribution in [0.4, 0.5) is 0 Å². The lowest BCUT2D eigenvalue weighted by Gasteiger charge is -2.18. The molecular formula is C25H31NO6S2. The highest BCUT2D eigenvalue weighted by atomic mass is 32.2. The molecule has 0 aliphatic carbocycles. The Morgan fingerprint density at radius 2 is 0.853 bits per heavy atom. The van der Waals surface area contributed by atoms with Gasteiger partial charge in [-0.15, -0.1) is 0 Å². The molecule has 0 spiro atoms. The van der Waals surface area contributed by atoms with E-state index in [1.165, 1.54) is 16.7 Å². The summed E-state index contributed by atoms with van der Waals surface area (Å²) < 4.78 is 57.8. The largest absolute Gasteiger partial charge is 0.317 e. The van der Waals surface area contributed by atoms with Gasteiger partial charge < -0.3 is 5.32 Å². The van der Waals surface area contributed by atoms with E-state index in [1.807, 2.05) is 0 Å². The monoisotopic (exact) mass is 505 g/mol. The zero-order valence-electron chi connectivity index (χ0n) is 18.8.